The number of nitrogens with two attached hydrogens (primary N) is 1. The van der Waals surface area contributed by atoms with Crippen molar-refractivity contribution in [2.75, 3.05) is 39.1 Å². The van der Waals surface area contributed by atoms with Gasteiger partial charge in [-0.1, -0.05) is 41.0 Å². The summed E-state index contributed by atoms with van der Waals surface area (Å²) >= 11 is 13.2. The topological polar surface area (TPSA) is 106 Å². The van der Waals surface area contributed by atoms with E-state index in [1.165, 1.54) is 31.0 Å². The Morgan fingerprint density at radius 1 is 1.41 bits per heavy atom. The highest BCUT2D eigenvalue weighted by Crippen LogP contribution is 2.23. The summed E-state index contributed by atoms with van der Waals surface area (Å²) in [6.07, 6.45) is 2.75. The second kappa shape index (κ2) is 13.5. The SMILES string of the molecule is C=N/C(=C\C=C(/N)C(=O)OC)SCC(=O)NC[C@H]1CN(Cc2ccc(Cl)c(Cl)c2)CCO1. The molecule has 3 N–H and O–H groups in total. The number of morpholine rings is 1. The van der Waals surface area contributed by atoms with Crippen LogP contribution in [0.1, 0.15) is 5.56 Å². The van der Waals surface area contributed by atoms with E-state index in [9.17, 15) is 9.59 Å². The lowest BCUT2D eigenvalue weighted by molar-refractivity contribution is -0.136. The number of carbonyl (C=O) groups is 2. The first-order valence-electron chi connectivity index (χ1n) is 9.72. The number of esters is 1. The van der Waals surface area contributed by atoms with Crippen LogP contribution in [0, 0.1) is 0 Å². The van der Waals surface area contributed by atoms with Crippen LogP contribution in [0.4, 0.5) is 0 Å². The maximum atomic E-state index is 12.2. The molecule has 0 saturated carbocycles. The molecule has 1 amide bonds. The molecule has 0 aromatic heterocycles. The van der Waals surface area contributed by atoms with Gasteiger partial charge in [-0.25, -0.2) is 4.79 Å². The molecule has 1 atom stereocenters. The number of carbonyl (C=O) groups excluding carboxylic acids is 2. The lowest BCUT2D eigenvalue weighted by Crippen LogP contribution is -2.47. The van der Waals surface area contributed by atoms with Gasteiger partial charge in [0.15, 0.2) is 0 Å². The fourth-order valence-corrected chi connectivity index (χ4v) is 3.81. The van der Waals surface area contributed by atoms with Gasteiger partial charge in [0, 0.05) is 26.2 Å². The lowest BCUT2D eigenvalue weighted by Gasteiger charge is -2.33. The number of hydrogen-bond acceptors (Lipinski definition) is 8. The summed E-state index contributed by atoms with van der Waals surface area (Å²) in [5.41, 5.74) is 6.55. The zero-order valence-corrected chi connectivity index (χ0v) is 20.0. The van der Waals surface area contributed by atoms with Gasteiger partial charge in [0.05, 0.1) is 40.6 Å². The van der Waals surface area contributed by atoms with E-state index in [1.54, 1.807) is 6.07 Å². The molecular weight excluding hydrogens is 475 g/mol. The van der Waals surface area contributed by atoms with Crippen molar-refractivity contribution < 1.29 is 19.1 Å². The maximum Gasteiger partial charge on any atom is 0.353 e. The van der Waals surface area contributed by atoms with Gasteiger partial charge in [-0.2, -0.15) is 0 Å². The standard InChI is InChI=1S/C21H26Cl2N4O4S/c1-25-20(6-5-18(24)21(29)30-2)32-13-19(28)26-10-15-12-27(7-8-31-15)11-14-3-4-16(22)17(23)9-14/h3-6,9,15H,1,7-8,10-13,24H2,2H3,(H,26,28)/b18-5-,20-6+/t15-/m0/s1. The third-order valence-corrected chi connectivity index (χ3v) is 6.18. The predicted octanol–water partition coefficient (Wildman–Crippen LogP) is 2.60. The van der Waals surface area contributed by atoms with Crippen LogP contribution in [0.15, 0.2) is 46.1 Å². The van der Waals surface area contributed by atoms with Crippen molar-refractivity contribution in [1.29, 1.82) is 0 Å². The first-order chi connectivity index (χ1) is 15.3. The van der Waals surface area contributed by atoms with E-state index in [-0.39, 0.29) is 23.5 Å². The maximum absolute atomic E-state index is 12.2. The van der Waals surface area contributed by atoms with E-state index >= 15 is 0 Å². The molecule has 2 rings (SSSR count). The van der Waals surface area contributed by atoms with E-state index in [2.05, 4.69) is 26.7 Å². The fraction of sp³-hybridized carbons (Fsp3) is 0.381. The average molecular weight is 501 g/mol. The van der Waals surface area contributed by atoms with E-state index in [4.69, 9.17) is 33.7 Å². The Labute approximate surface area is 201 Å². The summed E-state index contributed by atoms with van der Waals surface area (Å²) in [5.74, 6) is -0.677. The van der Waals surface area contributed by atoms with Crippen molar-refractivity contribution >= 4 is 53.6 Å². The molecule has 1 aliphatic heterocycles. The first kappa shape index (κ1) is 26.2. The Bertz CT molecular complexity index is 895. The average Bonchev–Trinajstić information content (AvgIpc) is 2.79. The second-order valence-corrected chi connectivity index (χ2v) is 8.66. The number of thioether (sulfide) groups is 1. The molecule has 0 radical (unpaired) electrons. The van der Waals surface area contributed by atoms with Crippen molar-refractivity contribution in [2.45, 2.75) is 12.6 Å². The number of methoxy groups -OCH3 is 1. The summed E-state index contributed by atoms with van der Waals surface area (Å²) < 4.78 is 10.3. The fourth-order valence-electron chi connectivity index (χ4n) is 2.86. The van der Waals surface area contributed by atoms with Crippen LogP contribution in [0.5, 0.6) is 0 Å². The number of nitrogens with zero attached hydrogens (tertiary/aromatic N) is 2. The normalized spacial score (nSPS) is 17.7. The van der Waals surface area contributed by atoms with E-state index in [0.717, 1.165) is 18.7 Å². The minimum absolute atomic E-state index is 0.0708. The predicted molar refractivity (Wildman–Crippen MR) is 129 cm³/mol. The number of rotatable bonds is 10. The number of amides is 1. The molecule has 0 unspecified atom stereocenters. The molecule has 11 heteroatoms. The van der Waals surface area contributed by atoms with Gasteiger partial charge in [0.25, 0.3) is 0 Å². The molecule has 1 aromatic rings. The molecule has 1 heterocycles. The zero-order chi connectivity index (χ0) is 23.5. The van der Waals surface area contributed by atoms with E-state index < -0.39 is 5.97 Å². The van der Waals surface area contributed by atoms with Crippen molar-refractivity contribution in [3.05, 3.63) is 56.7 Å². The van der Waals surface area contributed by atoms with Crippen molar-refractivity contribution in [2.24, 2.45) is 10.7 Å². The van der Waals surface area contributed by atoms with Gasteiger partial charge in [-0.15, -0.1) is 0 Å². The molecule has 1 aromatic carbocycles. The molecule has 8 nitrogen and oxygen atoms in total. The van der Waals surface area contributed by atoms with Crippen molar-refractivity contribution in [1.82, 2.24) is 10.2 Å². The molecule has 0 aliphatic carbocycles. The van der Waals surface area contributed by atoms with Crippen molar-refractivity contribution in [3.63, 3.8) is 0 Å². The van der Waals surface area contributed by atoms with E-state index in [1.807, 2.05) is 12.1 Å². The third-order valence-electron chi connectivity index (χ3n) is 4.47. The minimum Gasteiger partial charge on any atom is -0.464 e. The number of allylic oxidation sites excluding steroid dienone is 2. The van der Waals surface area contributed by atoms with Gasteiger partial charge in [-0.05, 0) is 36.6 Å². The van der Waals surface area contributed by atoms with Crippen LogP contribution >= 0.6 is 35.0 Å². The number of ether oxygens (including phenoxy) is 2. The van der Waals surface area contributed by atoms with Gasteiger partial charge in [0.2, 0.25) is 5.91 Å². The second-order valence-electron chi connectivity index (χ2n) is 6.85. The molecule has 174 valence electrons. The summed E-state index contributed by atoms with van der Waals surface area (Å²) in [5, 5.41) is 4.39. The highest BCUT2D eigenvalue weighted by molar-refractivity contribution is 8.03. The molecule has 1 aliphatic rings. The molecule has 1 saturated heterocycles. The van der Waals surface area contributed by atoms with Crippen LogP contribution in [0.3, 0.4) is 0 Å². The smallest absolute Gasteiger partial charge is 0.353 e. The highest BCUT2D eigenvalue weighted by atomic mass is 35.5. The summed E-state index contributed by atoms with van der Waals surface area (Å²) in [6, 6.07) is 5.60. The molecule has 0 spiro atoms. The largest absolute Gasteiger partial charge is 0.464 e. The van der Waals surface area contributed by atoms with E-state index in [0.29, 0.717) is 34.8 Å². The molecular formula is C21H26Cl2N4O4S. The van der Waals surface area contributed by atoms with Gasteiger partial charge >= 0.3 is 5.97 Å². The van der Waals surface area contributed by atoms with Crippen LogP contribution < -0.4 is 11.1 Å². The summed E-state index contributed by atoms with van der Waals surface area (Å²) in [4.78, 5) is 29.6. The Balaban J connectivity index is 1.77. The monoisotopic (exact) mass is 500 g/mol. The van der Waals surface area contributed by atoms with Crippen LogP contribution in [-0.4, -0.2) is 68.7 Å². The first-order valence-corrected chi connectivity index (χ1v) is 11.5. The van der Waals surface area contributed by atoms with Gasteiger partial charge in [0.1, 0.15) is 5.70 Å². The van der Waals surface area contributed by atoms with Crippen LogP contribution in [0.2, 0.25) is 10.0 Å². The minimum atomic E-state index is -0.645. The Morgan fingerprint density at radius 2 is 2.19 bits per heavy atom. The number of aliphatic imine (C=N–C) groups is 1. The third kappa shape index (κ3) is 8.84. The highest BCUT2D eigenvalue weighted by Gasteiger charge is 2.21. The molecule has 1 fully saturated rings. The number of hydrogen-bond donors (Lipinski definition) is 2. The number of halogens is 2. The molecule has 32 heavy (non-hydrogen) atoms. The lowest BCUT2D eigenvalue weighted by atomic mass is 10.2. The number of nitrogens with one attached hydrogen (secondary N) is 1. The Morgan fingerprint density at radius 3 is 2.88 bits per heavy atom. The molecule has 0 bridgehead atoms. The summed E-state index contributed by atoms with van der Waals surface area (Å²) in [6.45, 7) is 6.64. The van der Waals surface area contributed by atoms with Gasteiger partial charge in [-0.3, -0.25) is 14.7 Å². The number of benzene rings is 1. The van der Waals surface area contributed by atoms with Gasteiger partial charge < -0.3 is 20.5 Å². The van der Waals surface area contributed by atoms with Crippen LogP contribution in [0.25, 0.3) is 0 Å². The quantitative estimate of drug-likeness (QED) is 0.220. The summed E-state index contributed by atoms with van der Waals surface area (Å²) in [7, 11) is 1.24. The van der Waals surface area contributed by atoms with Crippen molar-refractivity contribution in [3.8, 4) is 0 Å². The Kier molecular flexibility index (Phi) is 11.1. The Hall–Kier alpha value is -2.04. The zero-order valence-electron chi connectivity index (χ0n) is 17.7. The van der Waals surface area contributed by atoms with Crippen LogP contribution in [-0.2, 0) is 25.6 Å².